The molecule has 1 atom stereocenters. The largest absolute Gasteiger partial charge is 0.389 e. The summed E-state index contributed by atoms with van der Waals surface area (Å²) in [6, 6.07) is 10.6. The number of hydrogen-bond acceptors (Lipinski definition) is 1. The summed E-state index contributed by atoms with van der Waals surface area (Å²) >= 11 is 0. The van der Waals surface area contributed by atoms with Gasteiger partial charge in [-0.05, 0) is 36.3 Å². The Morgan fingerprint density at radius 2 is 1.48 bits per heavy atom. The number of aryl methyl sites for hydroxylation is 1. The third kappa shape index (κ3) is 9.66. The fourth-order valence-electron chi connectivity index (χ4n) is 3.88. The number of hydrogen-bond donors (Lipinski definition) is 1. The lowest BCUT2D eigenvalue weighted by molar-refractivity contribution is 0.206. The Bertz CT molecular complexity index is 568. The summed E-state index contributed by atoms with van der Waals surface area (Å²) in [5.41, 5.74) is 1.32. The van der Waals surface area contributed by atoms with Crippen LogP contribution >= 0.6 is 0 Å². The highest BCUT2D eigenvalue weighted by Gasteiger charge is 2.40. The Labute approximate surface area is 183 Å². The minimum atomic E-state index is -1.71. The van der Waals surface area contributed by atoms with Crippen molar-refractivity contribution >= 4 is 8.07 Å². The summed E-state index contributed by atoms with van der Waals surface area (Å²) in [6.45, 7) is 14.2. The smallest absolute Gasteiger partial charge is 0.0837 e. The highest BCUT2D eigenvalue weighted by atomic mass is 28.3. The van der Waals surface area contributed by atoms with Gasteiger partial charge in [0.15, 0.2) is 0 Å². The van der Waals surface area contributed by atoms with E-state index in [4.69, 9.17) is 0 Å². The van der Waals surface area contributed by atoms with Gasteiger partial charge in [0.25, 0.3) is 0 Å². The van der Waals surface area contributed by atoms with E-state index in [9.17, 15) is 5.11 Å². The molecule has 0 saturated carbocycles. The maximum absolute atomic E-state index is 11.2. The Balaban J connectivity index is 2.62. The number of rotatable bonds is 14. The molecule has 1 unspecified atom stereocenters. The van der Waals surface area contributed by atoms with Crippen molar-refractivity contribution in [2.24, 2.45) is 0 Å². The lowest BCUT2D eigenvalue weighted by atomic mass is 10.0. The summed E-state index contributed by atoms with van der Waals surface area (Å²) < 4.78 is 0. The van der Waals surface area contributed by atoms with Crippen molar-refractivity contribution < 1.29 is 5.11 Å². The van der Waals surface area contributed by atoms with Crippen LogP contribution in [-0.4, -0.2) is 19.3 Å². The average molecular weight is 417 g/mol. The molecule has 0 amide bonds. The van der Waals surface area contributed by atoms with Gasteiger partial charge in [-0.2, -0.15) is 0 Å². The zero-order valence-electron chi connectivity index (χ0n) is 20.3. The summed E-state index contributed by atoms with van der Waals surface area (Å²) in [4.78, 5) is 0. The number of aliphatic hydroxyl groups excluding tert-OH is 1. The van der Waals surface area contributed by atoms with Gasteiger partial charge in [0, 0.05) is 0 Å². The summed E-state index contributed by atoms with van der Waals surface area (Å²) in [7, 11) is -1.71. The first kappa shape index (κ1) is 26.2. The van der Waals surface area contributed by atoms with Crippen LogP contribution in [-0.2, 0) is 6.42 Å². The molecule has 1 nitrogen and oxygen atoms in total. The van der Waals surface area contributed by atoms with Crippen molar-refractivity contribution in [1.82, 2.24) is 0 Å². The normalized spacial score (nSPS) is 14.2. The first-order valence-electron chi connectivity index (χ1n) is 12.1. The fraction of sp³-hybridized carbons (Fsp3) is 0.704. The number of aliphatic hydroxyl groups is 1. The summed E-state index contributed by atoms with van der Waals surface area (Å²) in [5.74, 6) is 0. The van der Waals surface area contributed by atoms with Gasteiger partial charge in [0.05, 0.1) is 14.2 Å². The summed E-state index contributed by atoms with van der Waals surface area (Å²) in [6.07, 6.45) is 15.9. The molecule has 29 heavy (non-hydrogen) atoms. The zero-order chi connectivity index (χ0) is 21.8. The summed E-state index contributed by atoms with van der Waals surface area (Å²) in [5, 5.41) is 12.8. The van der Waals surface area contributed by atoms with Gasteiger partial charge in [0.2, 0.25) is 0 Å². The molecule has 2 heteroatoms. The molecule has 0 saturated heterocycles. The van der Waals surface area contributed by atoms with Crippen LogP contribution in [0, 0.1) is 0 Å². The minimum absolute atomic E-state index is 0.256. The second kappa shape index (κ2) is 13.4. The topological polar surface area (TPSA) is 20.2 Å². The van der Waals surface area contributed by atoms with Gasteiger partial charge in [-0.1, -0.05) is 127 Å². The third-order valence-corrected chi connectivity index (χ3v) is 12.7. The zero-order valence-corrected chi connectivity index (χ0v) is 21.3. The average Bonchev–Trinajstić information content (AvgIpc) is 2.67. The van der Waals surface area contributed by atoms with E-state index in [2.05, 4.69) is 77.2 Å². The molecule has 0 spiro atoms. The lowest BCUT2D eigenvalue weighted by Gasteiger charge is -2.41. The minimum Gasteiger partial charge on any atom is -0.389 e. The second-order valence-electron chi connectivity index (χ2n) is 10.3. The molecular weight excluding hydrogens is 368 g/mol. The molecular formula is C27H48OSi. The van der Waals surface area contributed by atoms with Crippen LogP contribution in [0.25, 0.3) is 0 Å². The van der Waals surface area contributed by atoms with E-state index in [0.29, 0.717) is 0 Å². The van der Waals surface area contributed by atoms with Crippen molar-refractivity contribution in [3.63, 3.8) is 0 Å². The third-order valence-electron chi connectivity index (χ3n) is 6.93. The Kier molecular flexibility index (Phi) is 12.1. The van der Waals surface area contributed by atoms with E-state index in [0.717, 1.165) is 19.3 Å². The molecule has 0 radical (unpaired) electrons. The Morgan fingerprint density at radius 3 is 2.03 bits per heavy atom. The maximum Gasteiger partial charge on any atom is 0.0837 e. The van der Waals surface area contributed by atoms with E-state index >= 15 is 0 Å². The van der Waals surface area contributed by atoms with Crippen LogP contribution in [0.5, 0.6) is 0 Å². The van der Waals surface area contributed by atoms with Crippen molar-refractivity contribution in [1.29, 1.82) is 0 Å². The number of allylic oxidation sites excluding steroid dienone is 1. The van der Waals surface area contributed by atoms with Gasteiger partial charge in [-0.15, -0.1) is 0 Å². The second-order valence-corrected chi connectivity index (χ2v) is 15.7. The molecule has 1 aromatic rings. The SMILES string of the molecule is CCCCCCCCCC/C=C(/C(O)CCc1ccccc1)[Si](C)(C)C(C)(C)C. The predicted octanol–water partition coefficient (Wildman–Crippen LogP) is 8.49. The van der Waals surface area contributed by atoms with Crippen LogP contribution in [0.15, 0.2) is 41.6 Å². The first-order chi connectivity index (χ1) is 13.7. The molecule has 0 aliphatic heterocycles. The number of benzene rings is 1. The highest BCUT2D eigenvalue weighted by molar-refractivity contribution is 6.87. The van der Waals surface area contributed by atoms with Crippen LogP contribution in [0.1, 0.15) is 97.5 Å². The van der Waals surface area contributed by atoms with E-state index in [1.165, 1.54) is 62.1 Å². The van der Waals surface area contributed by atoms with Crippen LogP contribution in [0.4, 0.5) is 0 Å². The quantitative estimate of drug-likeness (QED) is 0.238. The standard InChI is InChI=1S/C27H48OSi/c1-7-8-9-10-11-12-13-14-18-21-26(29(5,6)27(2,3)4)25(28)23-22-24-19-16-15-17-20-24/h15-17,19-21,25,28H,7-14,18,22-23H2,1-6H3/b26-21-. The van der Waals surface area contributed by atoms with Gasteiger partial charge in [0.1, 0.15) is 0 Å². The van der Waals surface area contributed by atoms with Crippen molar-refractivity contribution in [2.75, 3.05) is 0 Å². The molecule has 1 N–H and O–H groups in total. The molecule has 0 heterocycles. The van der Waals surface area contributed by atoms with E-state index < -0.39 is 8.07 Å². The Hall–Kier alpha value is -0.863. The van der Waals surface area contributed by atoms with Gasteiger partial charge < -0.3 is 5.11 Å². The molecule has 0 aliphatic carbocycles. The predicted molar refractivity (Wildman–Crippen MR) is 133 cm³/mol. The van der Waals surface area contributed by atoms with E-state index in [1.807, 2.05) is 0 Å². The molecule has 1 rings (SSSR count). The fourth-order valence-corrected chi connectivity index (χ4v) is 6.38. The van der Waals surface area contributed by atoms with Gasteiger partial charge >= 0.3 is 0 Å². The molecule has 0 bridgehead atoms. The van der Waals surface area contributed by atoms with Crippen LogP contribution in [0.2, 0.25) is 18.1 Å². The molecule has 0 fully saturated rings. The molecule has 1 aromatic carbocycles. The van der Waals surface area contributed by atoms with E-state index in [1.54, 1.807) is 0 Å². The van der Waals surface area contributed by atoms with E-state index in [-0.39, 0.29) is 11.1 Å². The Morgan fingerprint density at radius 1 is 0.931 bits per heavy atom. The number of unbranched alkanes of at least 4 members (excludes halogenated alkanes) is 8. The maximum atomic E-state index is 11.2. The first-order valence-corrected chi connectivity index (χ1v) is 15.1. The lowest BCUT2D eigenvalue weighted by Crippen LogP contribution is -2.44. The van der Waals surface area contributed by atoms with Gasteiger partial charge in [-0.3, -0.25) is 0 Å². The molecule has 166 valence electrons. The van der Waals surface area contributed by atoms with Crippen LogP contribution < -0.4 is 0 Å². The van der Waals surface area contributed by atoms with Crippen LogP contribution in [0.3, 0.4) is 0 Å². The molecule has 0 aliphatic rings. The van der Waals surface area contributed by atoms with Crippen molar-refractivity contribution in [2.45, 2.75) is 123 Å². The van der Waals surface area contributed by atoms with Crippen molar-refractivity contribution in [3.05, 3.63) is 47.2 Å². The molecule has 0 aromatic heterocycles. The highest BCUT2D eigenvalue weighted by Crippen LogP contribution is 2.42. The van der Waals surface area contributed by atoms with Crippen molar-refractivity contribution in [3.8, 4) is 0 Å². The van der Waals surface area contributed by atoms with Gasteiger partial charge in [-0.25, -0.2) is 0 Å². The monoisotopic (exact) mass is 416 g/mol.